The van der Waals surface area contributed by atoms with E-state index in [-0.39, 0.29) is 11.0 Å². The minimum atomic E-state index is -0.893. The topological polar surface area (TPSA) is 83.1 Å². The van der Waals surface area contributed by atoms with Crippen molar-refractivity contribution >= 4 is 24.5 Å². The van der Waals surface area contributed by atoms with E-state index in [2.05, 4.69) is 0 Å². The third kappa shape index (κ3) is 3.78. The Morgan fingerprint density at radius 3 is 1.92 bits per heavy atom. The molecule has 0 bridgehead atoms. The maximum absolute atomic E-state index is 10.8. The van der Waals surface area contributed by atoms with Crippen LogP contribution in [0, 0.1) is 0 Å². The Morgan fingerprint density at radius 1 is 1.17 bits per heavy atom. The third-order valence-electron chi connectivity index (χ3n) is 1.21. The minimum absolute atomic E-state index is 0. The van der Waals surface area contributed by atoms with E-state index in [1.165, 1.54) is 0 Å². The summed E-state index contributed by atoms with van der Waals surface area (Å²) in [5, 5.41) is 0. The zero-order valence-electron chi connectivity index (χ0n) is 6.60. The van der Waals surface area contributed by atoms with E-state index in [9.17, 15) is 4.55 Å². The van der Waals surface area contributed by atoms with Gasteiger partial charge < -0.3 is 11.0 Å². The molecule has 0 aromatic heterocycles. The van der Waals surface area contributed by atoms with Crippen molar-refractivity contribution in [3.63, 3.8) is 0 Å². The van der Waals surface area contributed by atoms with Gasteiger partial charge in [0.05, 0.1) is 0 Å². The van der Waals surface area contributed by atoms with Crippen LogP contribution in [0.3, 0.4) is 0 Å². The van der Waals surface area contributed by atoms with Crippen molar-refractivity contribution in [2.75, 3.05) is 6.26 Å². The number of hydrogen-bond donors (Lipinski definition) is 0. The summed E-state index contributed by atoms with van der Waals surface area (Å²) in [6.45, 7) is 0. The molecule has 0 aliphatic heterocycles. The van der Waals surface area contributed by atoms with Crippen molar-refractivity contribution in [3.8, 4) is 0 Å². The second kappa shape index (κ2) is 6.08. The fourth-order valence-corrected chi connectivity index (χ4v) is 1.18. The molecule has 12 heavy (non-hydrogen) atoms. The van der Waals surface area contributed by atoms with Crippen molar-refractivity contribution in [1.29, 1.82) is 0 Å². The number of benzene rings is 1. The maximum Gasteiger partial charge on any atom is -0.870 e. The summed E-state index contributed by atoms with van der Waals surface area (Å²) < 4.78 is 10.8. The zero-order valence-corrected chi connectivity index (χ0v) is 7.41. The van der Waals surface area contributed by atoms with Gasteiger partial charge in [0.1, 0.15) is 0 Å². The molecule has 1 unspecified atom stereocenters. The molecular weight excluding hydrogens is 175 g/mol. The molecule has 0 radical (unpaired) electrons. The van der Waals surface area contributed by atoms with E-state index in [1.807, 2.05) is 0 Å². The van der Waals surface area contributed by atoms with E-state index >= 15 is 0 Å². The molecule has 0 aliphatic carbocycles. The molecule has 0 amide bonds. The molecule has 0 saturated heterocycles. The molecule has 1 rings (SSSR count). The molecule has 64 valence electrons. The Kier molecular flexibility index (Phi) is 7.12. The Labute approximate surface area is 76.0 Å². The molecule has 1 aromatic rings. The monoisotopic (exact) mass is 184 g/mol. The first-order valence-electron chi connectivity index (χ1n) is 2.89. The quantitative estimate of drug-likeness (QED) is 0.449. The van der Waals surface area contributed by atoms with E-state index in [1.54, 1.807) is 30.5 Å². The molecule has 0 spiro atoms. The summed E-state index contributed by atoms with van der Waals surface area (Å²) in [6.07, 6.45) is 1.64. The van der Waals surface area contributed by atoms with Crippen LogP contribution in [0.4, 0.5) is 0 Å². The Balaban J connectivity index is 0. The van der Waals surface area contributed by atoms with Crippen LogP contribution in [-0.4, -0.2) is 29.6 Å². The Bertz CT molecular complexity index is 212. The van der Waals surface area contributed by atoms with Gasteiger partial charge in [0.15, 0.2) is 0 Å². The summed E-state index contributed by atoms with van der Waals surface area (Å²) in [6, 6.07) is 7.03. The average molecular weight is 184 g/mol. The fourth-order valence-electron chi connectivity index (χ4n) is 0.659. The van der Waals surface area contributed by atoms with E-state index in [4.69, 9.17) is 7.85 Å². The van der Waals surface area contributed by atoms with E-state index in [0.29, 0.717) is 5.46 Å². The van der Waals surface area contributed by atoms with Gasteiger partial charge in [-0.3, -0.25) is 0 Å². The SMILES string of the molecule is [B+2]c1ccc([S+](C)[O-])cc1.[OH-].[OH-]. The number of rotatable bonds is 1. The van der Waals surface area contributed by atoms with Gasteiger partial charge in [-0.25, -0.2) is 0 Å². The molecule has 0 saturated carbocycles. The summed E-state index contributed by atoms with van der Waals surface area (Å²) in [5.41, 5.74) is 0.703. The molecule has 1 aromatic carbocycles. The second-order valence-electron chi connectivity index (χ2n) is 2.02. The van der Waals surface area contributed by atoms with Crippen LogP contribution in [0.1, 0.15) is 0 Å². The molecule has 2 N–H and O–H groups in total. The molecular formula is C7H9BO3S. The van der Waals surface area contributed by atoms with Gasteiger partial charge in [-0.05, 0) is 0 Å². The van der Waals surface area contributed by atoms with Crippen LogP contribution < -0.4 is 5.46 Å². The van der Waals surface area contributed by atoms with E-state index in [0.717, 1.165) is 4.90 Å². The summed E-state index contributed by atoms with van der Waals surface area (Å²) in [4.78, 5) is 0.814. The largest absolute Gasteiger partial charge is 0.870 e. The first-order valence-corrected chi connectivity index (χ1v) is 4.45. The van der Waals surface area contributed by atoms with Crippen LogP contribution in [0.5, 0.6) is 0 Å². The minimum Gasteiger partial charge on any atom is -0.870 e. The van der Waals surface area contributed by atoms with E-state index < -0.39 is 11.2 Å². The van der Waals surface area contributed by atoms with Crippen LogP contribution in [0.2, 0.25) is 0 Å². The van der Waals surface area contributed by atoms with Crippen molar-refractivity contribution in [1.82, 2.24) is 0 Å². The molecule has 0 fully saturated rings. The predicted octanol–water partition coefficient (Wildman–Crippen LogP) is -0.136. The van der Waals surface area contributed by atoms with Gasteiger partial charge in [-0.2, -0.15) is 0 Å². The van der Waals surface area contributed by atoms with Gasteiger partial charge in [-0.15, -0.1) is 0 Å². The van der Waals surface area contributed by atoms with Gasteiger partial charge in [0, 0.05) is 0 Å². The average Bonchev–Trinajstić information content (AvgIpc) is 1.88. The Morgan fingerprint density at radius 2 is 1.58 bits per heavy atom. The van der Waals surface area contributed by atoms with Crippen LogP contribution in [-0.2, 0) is 11.2 Å². The standard InChI is InChI=1S/C7H7BOS.2H2O/c1-10(9)7-4-2-6(8)3-5-7;;/h2-5H,1H3;2*1H2/q+2;;/p-2. The first-order chi connectivity index (χ1) is 4.70. The van der Waals surface area contributed by atoms with Crippen molar-refractivity contribution in [3.05, 3.63) is 24.3 Å². The Hall–Kier alpha value is -0.485. The number of hydrogen-bond acceptors (Lipinski definition) is 3. The van der Waals surface area contributed by atoms with Gasteiger partial charge in [-0.1, -0.05) is 0 Å². The fraction of sp³-hybridized carbons (Fsp3) is 0.143. The third-order valence-corrected chi connectivity index (χ3v) is 2.15. The van der Waals surface area contributed by atoms with Crippen LogP contribution in [0.15, 0.2) is 29.2 Å². The smallest absolute Gasteiger partial charge is 0.870 e. The summed E-state index contributed by atoms with van der Waals surface area (Å²) in [7, 11) is 5.43. The predicted molar refractivity (Wildman–Crippen MR) is 48.0 cm³/mol. The van der Waals surface area contributed by atoms with Crippen LogP contribution >= 0.6 is 0 Å². The van der Waals surface area contributed by atoms with Gasteiger partial charge >= 0.3 is 64.5 Å². The maximum atomic E-state index is 10.8. The second-order valence-corrected chi connectivity index (χ2v) is 3.40. The van der Waals surface area contributed by atoms with Crippen LogP contribution in [0.25, 0.3) is 0 Å². The molecule has 5 heteroatoms. The zero-order chi connectivity index (χ0) is 7.56. The summed E-state index contributed by atoms with van der Waals surface area (Å²) in [5.74, 6) is 0. The molecule has 0 heterocycles. The van der Waals surface area contributed by atoms with Gasteiger partial charge in [0.25, 0.3) is 0 Å². The normalized spacial score (nSPS) is 11.0. The van der Waals surface area contributed by atoms with Crippen molar-refractivity contribution in [2.45, 2.75) is 4.90 Å². The van der Waals surface area contributed by atoms with Crippen molar-refractivity contribution in [2.24, 2.45) is 0 Å². The molecule has 3 nitrogen and oxygen atoms in total. The van der Waals surface area contributed by atoms with Gasteiger partial charge in [0.2, 0.25) is 0 Å². The molecule has 0 aliphatic rings. The summed E-state index contributed by atoms with van der Waals surface area (Å²) >= 11 is -0.893. The van der Waals surface area contributed by atoms with Crippen molar-refractivity contribution < 1.29 is 15.5 Å². The molecule has 1 atom stereocenters. The first kappa shape index (κ1) is 14.1.